The van der Waals surface area contributed by atoms with Gasteiger partial charge in [0.1, 0.15) is 11.0 Å². The van der Waals surface area contributed by atoms with E-state index in [-0.39, 0.29) is 5.56 Å². The molecule has 4 heterocycles. The number of aromatic nitrogens is 5. The van der Waals surface area contributed by atoms with Crippen molar-refractivity contribution in [3.05, 3.63) is 94.5 Å². The fourth-order valence-corrected chi connectivity index (χ4v) is 5.11. The quantitative estimate of drug-likeness (QED) is 0.327. The molecule has 1 aliphatic rings. The minimum absolute atomic E-state index is 0.257. The fourth-order valence-electron chi connectivity index (χ4n) is 5.11. The molecule has 6 rings (SSSR count). The van der Waals surface area contributed by atoms with Gasteiger partial charge in [-0.3, -0.25) is 4.79 Å². The van der Waals surface area contributed by atoms with Gasteiger partial charge in [-0.2, -0.15) is 4.98 Å². The van der Waals surface area contributed by atoms with Crippen LogP contribution in [0.5, 0.6) is 0 Å². The average molecular weight is 551 g/mol. The van der Waals surface area contributed by atoms with E-state index in [1.807, 2.05) is 49.4 Å². The van der Waals surface area contributed by atoms with Gasteiger partial charge in [-0.05, 0) is 75.8 Å². The van der Waals surface area contributed by atoms with Crippen molar-refractivity contribution in [2.75, 3.05) is 43.4 Å². The van der Waals surface area contributed by atoms with Gasteiger partial charge in [0.25, 0.3) is 5.56 Å². The molecule has 1 saturated heterocycles. The Morgan fingerprint density at radius 2 is 1.61 bits per heavy atom. The lowest BCUT2D eigenvalue weighted by Gasteiger charge is -2.34. The number of piperazine rings is 1. The van der Waals surface area contributed by atoms with E-state index in [0.29, 0.717) is 34.2 Å². The Bertz CT molecular complexity index is 1760. The van der Waals surface area contributed by atoms with Gasteiger partial charge in [-0.25, -0.2) is 19.3 Å². The highest BCUT2D eigenvalue weighted by molar-refractivity contribution is 5.78. The molecule has 0 spiro atoms. The molecule has 210 valence electrons. The van der Waals surface area contributed by atoms with Gasteiger partial charge in [-0.15, -0.1) is 0 Å². The molecule has 3 aromatic heterocycles. The van der Waals surface area contributed by atoms with E-state index in [4.69, 9.17) is 9.97 Å². The second kappa shape index (κ2) is 10.5. The van der Waals surface area contributed by atoms with Gasteiger partial charge in [0, 0.05) is 43.8 Å². The number of fused-ring (bicyclic) bond motifs is 1. The first-order chi connectivity index (χ1) is 19.7. The number of hydrogen-bond acceptors (Lipinski definition) is 8. The number of pyridine rings is 1. The Hall–Kier alpha value is -4.54. The van der Waals surface area contributed by atoms with Gasteiger partial charge in [-0.1, -0.05) is 24.3 Å². The minimum Gasteiger partial charge on any atom is -0.384 e. The lowest BCUT2D eigenvalue weighted by atomic mass is 10.1. The summed E-state index contributed by atoms with van der Waals surface area (Å²) in [5, 5.41) is 14.3. The summed E-state index contributed by atoms with van der Waals surface area (Å²) in [6.45, 7) is 9.41. The van der Waals surface area contributed by atoms with Crippen molar-refractivity contribution in [3.8, 4) is 11.5 Å². The van der Waals surface area contributed by atoms with Crippen LogP contribution in [0.2, 0.25) is 0 Å². The molecule has 0 amide bonds. The third-order valence-corrected chi connectivity index (χ3v) is 7.51. The van der Waals surface area contributed by atoms with Crippen LogP contribution in [0.15, 0.2) is 77.7 Å². The van der Waals surface area contributed by atoms with Crippen molar-refractivity contribution in [3.63, 3.8) is 0 Å². The van der Waals surface area contributed by atoms with Crippen LogP contribution in [0.1, 0.15) is 25.1 Å². The fraction of sp³-hybridized carbons (Fsp3) is 0.290. The zero-order chi connectivity index (χ0) is 28.7. The highest BCUT2D eigenvalue weighted by atomic mass is 16.3. The summed E-state index contributed by atoms with van der Waals surface area (Å²) in [6.07, 6.45) is 1.55. The standard InChI is InChI=1S/C31H34N8O2/c1-21-8-5-6-9-25(21)38-29(40)24-20-32-30(33-22-12-14-23(15-13-22)37-18-16-36(4)17-19-37)35-28(24)39(38)27-11-7-10-26(34-27)31(2,3)41/h5-15,20,41H,16-19H2,1-4H3,(H,32,33,35). The van der Waals surface area contributed by atoms with E-state index in [9.17, 15) is 9.90 Å². The number of aryl methyl sites for hydroxylation is 1. The molecule has 0 atom stereocenters. The maximum Gasteiger partial charge on any atom is 0.282 e. The van der Waals surface area contributed by atoms with Gasteiger partial charge in [0.2, 0.25) is 5.95 Å². The lowest BCUT2D eigenvalue weighted by Crippen LogP contribution is -2.44. The second-order valence-corrected chi connectivity index (χ2v) is 11.0. The molecule has 0 aliphatic carbocycles. The van der Waals surface area contributed by atoms with Crippen molar-refractivity contribution < 1.29 is 5.11 Å². The van der Waals surface area contributed by atoms with Gasteiger partial charge < -0.3 is 20.2 Å². The number of hydrogen-bond donors (Lipinski definition) is 2. The summed E-state index contributed by atoms with van der Waals surface area (Å²) in [5.74, 6) is 0.820. The van der Waals surface area contributed by atoms with Crippen molar-refractivity contribution >= 4 is 28.4 Å². The lowest BCUT2D eigenvalue weighted by molar-refractivity contribution is 0.0738. The number of nitrogens with one attached hydrogen (secondary N) is 1. The predicted octanol–water partition coefficient (Wildman–Crippen LogP) is 4.00. The smallest absolute Gasteiger partial charge is 0.282 e. The van der Waals surface area contributed by atoms with Gasteiger partial charge in [0.15, 0.2) is 11.5 Å². The van der Waals surface area contributed by atoms with E-state index < -0.39 is 5.60 Å². The summed E-state index contributed by atoms with van der Waals surface area (Å²) >= 11 is 0. The maximum absolute atomic E-state index is 13.8. The van der Waals surface area contributed by atoms with Crippen LogP contribution in [0, 0.1) is 6.92 Å². The summed E-state index contributed by atoms with van der Waals surface area (Å²) < 4.78 is 3.26. The summed E-state index contributed by atoms with van der Waals surface area (Å²) in [5.41, 5.74) is 3.12. The van der Waals surface area contributed by atoms with Gasteiger partial charge >= 0.3 is 0 Å². The van der Waals surface area contributed by atoms with E-state index in [1.54, 1.807) is 41.5 Å². The Morgan fingerprint density at radius 3 is 2.32 bits per heavy atom. The molecule has 1 fully saturated rings. The molecule has 10 nitrogen and oxygen atoms in total. The molecule has 2 aromatic carbocycles. The third kappa shape index (κ3) is 5.19. The molecule has 5 aromatic rings. The second-order valence-electron chi connectivity index (χ2n) is 11.0. The predicted molar refractivity (Wildman–Crippen MR) is 162 cm³/mol. The van der Waals surface area contributed by atoms with Crippen LogP contribution in [0.25, 0.3) is 22.5 Å². The van der Waals surface area contributed by atoms with Crippen LogP contribution in [-0.4, -0.2) is 67.5 Å². The van der Waals surface area contributed by atoms with Crippen LogP contribution < -0.4 is 15.8 Å². The Balaban J connectivity index is 1.43. The molecule has 0 saturated carbocycles. The Kier molecular flexibility index (Phi) is 6.80. The monoisotopic (exact) mass is 550 g/mol. The van der Waals surface area contributed by atoms with Crippen LogP contribution in [0.3, 0.4) is 0 Å². The SMILES string of the molecule is Cc1ccccc1-n1c(=O)c2cnc(Nc3ccc(N4CCN(C)CC4)cc3)nc2n1-c1cccc(C(C)(C)O)n1. The first-order valence-corrected chi connectivity index (χ1v) is 13.8. The molecule has 1 aliphatic heterocycles. The highest BCUT2D eigenvalue weighted by Gasteiger charge is 2.23. The zero-order valence-electron chi connectivity index (χ0n) is 23.7. The minimum atomic E-state index is -1.16. The first kappa shape index (κ1) is 26.7. The number of nitrogens with zero attached hydrogens (tertiary/aromatic N) is 7. The number of benzene rings is 2. The van der Waals surface area contributed by atoms with Crippen molar-refractivity contribution in [2.24, 2.45) is 0 Å². The molecule has 0 radical (unpaired) electrons. The van der Waals surface area contributed by atoms with Crippen molar-refractivity contribution in [1.82, 2.24) is 29.2 Å². The van der Waals surface area contributed by atoms with E-state index in [0.717, 1.165) is 37.4 Å². The Morgan fingerprint density at radius 1 is 0.878 bits per heavy atom. The van der Waals surface area contributed by atoms with Crippen LogP contribution in [0.4, 0.5) is 17.3 Å². The summed E-state index contributed by atoms with van der Waals surface area (Å²) in [4.78, 5) is 32.5. The number of likely N-dealkylation sites (N-methyl/N-ethyl adjacent to an activating group) is 1. The molecule has 2 N–H and O–H groups in total. The average Bonchev–Trinajstić information content (AvgIpc) is 3.25. The number of aliphatic hydroxyl groups is 1. The number of rotatable bonds is 6. The molecule has 41 heavy (non-hydrogen) atoms. The van der Waals surface area contributed by atoms with Crippen LogP contribution >= 0.6 is 0 Å². The normalized spacial score (nSPS) is 14.5. The highest BCUT2D eigenvalue weighted by Crippen LogP contribution is 2.25. The first-order valence-electron chi connectivity index (χ1n) is 13.8. The topological polar surface area (TPSA) is 104 Å². The maximum atomic E-state index is 13.8. The third-order valence-electron chi connectivity index (χ3n) is 7.51. The number of para-hydroxylation sites is 1. The van der Waals surface area contributed by atoms with Gasteiger partial charge in [0.05, 0.1) is 11.4 Å². The molecule has 10 heteroatoms. The van der Waals surface area contributed by atoms with Crippen molar-refractivity contribution in [2.45, 2.75) is 26.4 Å². The summed E-state index contributed by atoms with van der Waals surface area (Å²) in [7, 11) is 2.15. The number of anilines is 3. The molecular weight excluding hydrogens is 516 g/mol. The van der Waals surface area contributed by atoms with E-state index in [1.165, 1.54) is 5.69 Å². The molecular formula is C31H34N8O2. The molecule has 0 bridgehead atoms. The zero-order valence-corrected chi connectivity index (χ0v) is 23.7. The molecule has 0 unspecified atom stereocenters. The summed E-state index contributed by atoms with van der Waals surface area (Å²) in [6, 6.07) is 21.3. The van der Waals surface area contributed by atoms with E-state index >= 15 is 0 Å². The van der Waals surface area contributed by atoms with Crippen molar-refractivity contribution in [1.29, 1.82) is 0 Å². The Labute approximate surface area is 238 Å². The van der Waals surface area contributed by atoms with E-state index in [2.05, 4.69) is 39.3 Å². The van der Waals surface area contributed by atoms with Crippen LogP contribution in [-0.2, 0) is 5.60 Å². The largest absolute Gasteiger partial charge is 0.384 e.